The van der Waals surface area contributed by atoms with Crippen LogP contribution in [0.1, 0.15) is 85.2 Å². The summed E-state index contributed by atoms with van der Waals surface area (Å²) in [6.45, 7) is 0.216. The number of hydrogen-bond donors (Lipinski definition) is 2. The van der Waals surface area contributed by atoms with Crippen molar-refractivity contribution in [2.75, 3.05) is 19.7 Å². The SMILES string of the molecule is O=C(CC1(C(=O)O)CCCN1C(=O)O)c1ccc(C2CCC(C(=O)COC(=O)C3CCCN3C(=O)OCc3ccccc3)CC2)cc1. The lowest BCUT2D eigenvalue weighted by Crippen LogP contribution is -2.53. The number of aliphatic carboxylic acids is 1. The fourth-order valence-corrected chi connectivity index (χ4v) is 7.09. The summed E-state index contributed by atoms with van der Waals surface area (Å²) in [5.41, 5.74) is 0.404. The third kappa shape index (κ3) is 7.64. The molecule has 2 aromatic rings. The van der Waals surface area contributed by atoms with Crippen LogP contribution in [0.25, 0.3) is 0 Å². The summed E-state index contributed by atoms with van der Waals surface area (Å²) in [7, 11) is 0. The van der Waals surface area contributed by atoms with Gasteiger partial charge in [0.25, 0.3) is 0 Å². The van der Waals surface area contributed by atoms with Crippen LogP contribution in [0.2, 0.25) is 0 Å². The second kappa shape index (κ2) is 14.8. The topological polar surface area (TPSA) is 168 Å². The van der Waals surface area contributed by atoms with E-state index in [1.54, 1.807) is 12.1 Å². The lowest BCUT2D eigenvalue weighted by Gasteiger charge is -2.32. The first-order valence-electron chi connectivity index (χ1n) is 16.1. The number of benzene rings is 2. The molecule has 0 radical (unpaired) electrons. The third-order valence-corrected chi connectivity index (χ3v) is 9.78. The van der Waals surface area contributed by atoms with Gasteiger partial charge in [-0.05, 0) is 68.4 Å². The highest BCUT2D eigenvalue weighted by Gasteiger charge is 2.51. The molecule has 0 spiro atoms. The molecular formula is C35H40N2O10. The normalized spacial score (nSPS) is 24.0. The minimum Gasteiger partial charge on any atom is -0.479 e. The number of carbonyl (C=O) groups excluding carboxylic acids is 4. The lowest BCUT2D eigenvalue weighted by molar-refractivity contribution is -0.153. The van der Waals surface area contributed by atoms with Crippen molar-refractivity contribution in [3.05, 3.63) is 71.3 Å². The molecule has 2 saturated heterocycles. The Morgan fingerprint density at radius 1 is 0.809 bits per heavy atom. The molecule has 12 nitrogen and oxygen atoms in total. The van der Waals surface area contributed by atoms with Gasteiger partial charge in [0.15, 0.2) is 17.1 Å². The number of carboxylic acids is 1. The highest BCUT2D eigenvalue weighted by Crippen LogP contribution is 2.37. The average molecular weight is 649 g/mol. The molecule has 2 N–H and O–H groups in total. The van der Waals surface area contributed by atoms with E-state index in [9.17, 15) is 39.0 Å². The number of hydrogen-bond acceptors (Lipinski definition) is 8. The minimum atomic E-state index is -1.76. The van der Waals surface area contributed by atoms with Gasteiger partial charge in [-0.15, -0.1) is 0 Å². The van der Waals surface area contributed by atoms with Crippen LogP contribution in [-0.2, 0) is 30.5 Å². The molecule has 12 heteroatoms. The number of Topliss-reactive ketones (excluding diaryl/α,β-unsaturated/α-hetero) is 2. The number of rotatable bonds is 11. The molecular weight excluding hydrogens is 608 g/mol. The van der Waals surface area contributed by atoms with Gasteiger partial charge in [-0.3, -0.25) is 19.4 Å². The number of amides is 2. The van der Waals surface area contributed by atoms with Crippen LogP contribution in [0.3, 0.4) is 0 Å². The zero-order valence-corrected chi connectivity index (χ0v) is 26.2. The van der Waals surface area contributed by atoms with E-state index in [1.165, 1.54) is 4.90 Å². The molecule has 250 valence electrons. The second-order valence-electron chi connectivity index (χ2n) is 12.6. The maximum absolute atomic E-state index is 13.0. The number of carbonyl (C=O) groups is 6. The van der Waals surface area contributed by atoms with E-state index in [2.05, 4.69) is 0 Å². The Morgan fingerprint density at radius 3 is 2.17 bits per heavy atom. The Morgan fingerprint density at radius 2 is 1.51 bits per heavy atom. The summed E-state index contributed by atoms with van der Waals surface area (Å²) in [4.78, 5) is 77.3. The Balaban J connectivity index is 1.07. The summed E-state index contributed by atoms with van der Waals surface area (Å²) < 4.78 is 10.8. The van der Waals surface area contributed by atoms with Gasteiger partial charge in [0.05, 0.1) is 0 Å². The van der Waals surface area contributed by atoms with Gasteiger partial charge < -0.3 is 19.7 Å². The van der Waals surface area contributed by atoms with Gasteiger partial charge in [-0.2, -0.15) is 0 Å². The maximum atomic E-state index is 13.0. The van der Waals surface area contributed by atoms with Crippen LogP contribution in [0.15, 0.2) is 54.6 Å². The number of ether oxygens (including phenoxy) is 2. The standard InChI is InChI=1S/C35H40N2O10/c38-29(20-35(32(41)42)17-5-19-37(35)33(43)44)26-13-9-24(10-14-26)25-11-15-27(16-12-25)30(39)22-46-31(40)28-8-4-18-36(28)34(45)47-21-23-6-2-1-3-7-23/h1-3,6-7,9-10,13-14,25,27-28H,4-5,8,11-12,15-22H2,(H,41,42)(H,43,44). The lowest BCUT2D eigenvalue weighted by atomic mass is 9.77. The van der Waals surface area contributed by atoms with Crippen molar-refractivity contribution in [1.82, 2.24) is 9.80 Å². The summed E-state index contributed by atoms with van der Waals surface area (Å²) in [5.74, 6) is -2.57. The average Bonchev–Trinajstić information content (AvgIpc) is 3.75. The van der Waals surface area contributed by atoms with Crippen LogP contribution in [0, 0.1) is 5.92 Å². The molecule has 2 aliphatic heterocycles. The first-order chi connectivity index (χ1) is 22.6. The maximum Gasteiger partial charge on any atom is 0.410 e. The Bertz CT molecular complexity index is 1490. The molecule has 47 heavy (non-hydrogen) atoms. The largest absolute Gasteiger partial charge is 0.479 e. The molecule has 1 saturated carbocycles. The van der Waals surface area contributed by atoms with Gasteiger partial charge >= 0.3 is 24.1 Å². The molecule has 2 unspecified atom stereocenters. The first-order valence-corrected chi connectivity index (χ1v) is 16.1. The van der Waals surface area contributed by atoms with Gasteiger partial charge in [0.1, 0.15) is 19.3 Å². The highest BCUT2D eigenvalue weighted by molar-refractivity contribution is 6.01. The van der Waals surface area contributed by atoms with E-state index >= 15 is 0 Å². The molecule has 2 aromatic carbocycles. The number of likely N-dealkylation sites (tertiary alicyclic amines) is 2. The van der Waals surface area contributed by atoms with Crippen LogP contribution >= 0.6 is 0 Å². The summed E-state index contributed by atoms with van der Waals surface area (Å²) >= 11 is 0. The highest BCUT2D eigenvalue weighted by atomic mass is 16.6. The molecule has 2 heterocycles. The summed E-state index contributed by atoms with van der Waals surface area (Å²) in [6.07, 6.45) is 1.90. The fourth-order valence-electron chi connectivity index (χ4n) is 7.09. The van der Waals surface area contributed by atoms with Gasteiger partial charge in [-0.1, -0.05) is 54.6 Å². The third-order valence-electron chi connectivity index (χ3n) is 9.78. The predicted octanol–water partition coefficient (Wildman–Crippen LogP) is 5.04. The molecule has 3 aliphatic rings. The molecule has 3 fully saturated rings. The summed E-state index contributed by atoms with van der Waals surface area (Å²) in [6, 6.07) is 15.4. The van der Waals surface area contributed by atoms with E-state index < -0.39 is 47.9 Å². The van der Waals surface area contributed by atoms with Crippen molar-refractivity contribution in [3.63, 3.8) is 0 Å². The summed E-state index contributed by atoms with van der Waals surface area (Å²) in [5, 5.41) is 19.3. The molecule has 2 amide bonds. The first kappa shape index (κ1) is 33.6. The zero-order chi connectivity index (χ0) is 33.6. The quantitative estimate of drug-likeness (QED) is 0.249. The van der Waals surface area contributed by atoms with E-state index in [1.807, 2.05) is 42.5 Å². The Kier molecular flexibility index (Phi) is 10.6. The van der Waals surface area contributed by atoms with Crippen molar-refractivity contribution in [2.45, 2.75) is 81.9 Å². The smallest absolute Gasteiger partial charge is 0.410 e. The fraction of sp³-hybridized carbons (Fsp3) is 0.486. The zero-order valence-electron chi connectivity index (χ0n) is 26.2. The number of carboxylic acid groups (broad SMARTS) is 2. The monoisotopic (exact) mass is 648 g/mol. The van der Waals surface area contributed by atoms with Crippen LogP contribution in [-0.4, -0.2) is 87.0 Å². The predicted molar refractivity (Wildman–Crippen MR) is 167 cm³/mol. The number of esters is 1. The van der Waals surface area contributed by atoms with E-state index in [-0.39, 0.29) is 43.8 Å². The minimum absolute atomic E-state index is 0.0760. The van der Waals surface area contributed by atoms with E-state index in [0.29, 0.717) is 44.2 Å². The molecule has 0 aromatic heterocycles. The molecule has 0 bridgehead atoms. The van der Waals surface area contributed by atoms with E-state index in [4.69, 9.17) is 9.47 Å². The van der Waals surface area contributed by atoms with Gasteiger partial charge in [0, 0.05) is 31.0 Å². The second-order valence-corrected chi connectivity index (χ2v) is 12.6. The van der Waals surface area contributed by atoms with Crippen molar-refractivity contribution in [1.29, 1.82) is 0 Å². The van der Waals surface area contributed by atoms with Gasteiger partial charge in [0.2, 0.25) is 0 Å². The van der Waals surface area contributed by atoms with Crippen LogP contribution in [0.4, 0.5) is 9.59 Å². The van der Waals surface area contributed by atoms with Crippen LogP contribution in [0.5, 0.6) is 0 Å². The van der Waals surface area contributed by atoms with E-state index in [0.717, 1.165) is 28.9 Å². The Hall–Kier alpha value is -4.74. The van der Waals surface area contributed by atoms with Crippen molar-refractivity contribution >= 4 is 35.7 Å². The molecule has 1 aliphatic carbocycles. The number of ketones is 2. The van der Waals surface area contributed by atoms with Crippen molar-refractivity contribution < 1.29 is 48.5 Å². The Labute approximate surface area is 272 Å². The van der Waals surface area contributed by atoms with Crippen molar-refractivity contribution in [3.8, 4) is 0 Å². The molecule has 5 rings (SSSR count). The van der Waals surface area contributed by atoms with Crippen LogP contribution < -0.4 is 0 Å². The van der Waals surface area contributed by atoms with Gasteiger partial charge in [-0.25, -0.2) is 19.2 Å². The molecule has 2 atom stereocenters. The van der Waals surface area contributed by atoms with Crippen molar-refractivity contribution in [2.24, 2.45) is 5.92 Å². The number of nitrogens with zero attached hydrogens (tertiary/aromatic N) is 2.